The molecule has 0 saturated heterocycles. The summed E-state index contributed by atoms with van der Waals surface area (Å²) in [7, 11) is 8.42. The average Bonchev–Trinajstić information content (AvgIpc) is 2.67. The minimum absolute atomic E-state index is 0.747. The van der Waals surface area contributed by atoms with Gasteiger partial charge in [-0.2, -0.15) is 5.56 Å². The number of hydrogen-bond acceptors (Lipinski definition) is 1. The van der Waals surface area contributed by atoms with E-state index in [1.54, 1.807) is 0 Å². The van der Waals surface area contributed by atoms with Crippen molar-refractivity contribution in [3.63, 3.8) is 0 Å². The van der Waals surface area contributed by atoms with E-state index in [0.717, 1.165) is 6.61 Å². The van der Waals surface area contributed by atoms with Crippen molar-refractivity contribution in [1.82, 2.24) is 0 Å². The summed E-state index contributed by atoms with van der Waals surface area (Å²) in [6, 6.07) is 6.74. The van der Waals surface area contributed by atoms with E-state index in [2.05, 4.69) is 58.6 Å². The molecule has 0 aromatic heterocycles. The molecule has 0 saturated carbocycles. The summed E-state index contributed by atoms with van der Waals surface area (Å²) in [5.74, 6) is 0. The summed E-state index contributed by atoms with van der Waals surface area (Å²) in [5.41, 5.74) is 5.48. The first-order chi connectivity index (χ1) is 9.71. The number of fused-ring (bicyclic) bond motifs is 1. The Bertz CT molecular complexity index is 602. The molecule has 0 aliphatic rings. The van der Waals surface area contributed by atoms with Crippen molar-refractivity contribution < 1.29 is 25.3 Å². The summed E-state index contributed by atoms with van der Waals surface area (Å²) in [6.07, 6.45) is 0. The van der Waals surface area contributed by atoms with Crippen LogP contribution in [0.2, 0.25) is 19.6 Å². The number of benzene rings is 1. The molecule has 21 heavy (non-hydrogen) atoms. The van der Waals surface area contributed by atoms with Crippen LogP contribution in [0.5, 0.6) is 0 Å². The van der Waals surface area contributed by atoms with E-state index in [9.17, 15) is 0 Å². The first kappa shape index (κ1) is 19.5. The Kier molecular flexibility index (Phi) is 7.77. The maximum atomic E-state index is 6.07. The summed E-state index contributed by atoms with van der Waals surface area (Å²) in [6.45, 7) is 14.1. The van der Waals surface area contributed by atoms with Gasteiger partial charge in [0.1, 0.15) is 0 Å². The molecule has 2 rings (SSSR count). The Balaban J connectivity index is 0.000000677. The van der Waals surface area contributed by atoms with Crippen LogP contribution in [-0.4, -0.2) is 8.32 Å². The standard InChI is InChI=1S/C16H23OSi.2ClH.Zr/c1-11-7-8-14(10-17-18(4,5)6)16-13(3)12(2)9-15(11)16;;;/h7-9H,10H2,1-6H3;2*1H;/q-1;;;+2/p-2. The SMILES string of the molecule is Cc1[cH-]c2c(C)ccc(CO[Si](C)(C)C)c2c1C.[Cl][Zr][Cl]. The second-order valence-electron chi connectivity index (χ2n) is 6.26. The number of rotatable bonds is 3. The normalized spacial score (nSPS) is 11.2. The van der Waals surface area contributed by atoms with Gasteiger partial charge in [-0.15, -0.1) is 34.0 Å². The third-order valence-corrected chi connectivity index (χ3v) is 4.55. The van der Waals surface area contributed by atoms with E-state index in [4.69, 9.17) is 21.5 Å². The van der Waals surface area contributed by atoms with Crippen molar-refractivity contribution in [3.8, 4) is 0 Å². The number of hydrogen-bond donors (Lipinski definition) is 0. The predicted molar refractivity (Wildman–Crippen MR) is 93.6 cm³/mol. The third kappa shape index (κ3) is 5.55. The Morgan fingerprint density at radius 2 is 1.71 bits per heavy atom. The van der Waals surface area contributed by atoms with Gasteiger partial charge >= 0.3 is 37.9 Å². The van der Waals surface area contributed by atoms with Crippen LogP contribution in [0.1, 0.15) is 22.3 Å². The number of halogens is 2. The molecule has 116 valence electrons. The molecule has 0 spiro atoms. The van der Waals surface area contributed by atoms with Crippen LogP contribution in [0.25, 0.3) is 10.8 Å². The summed E-state index contributed by atoms with van der Waals surface area (Å²) in [4.78, 5) is 0. The molecule has 0 atom stereocenters. The average molecular weight is 422 g/mol. The van der Waals surface area contributed by atoms with E-state index in [1.807, 2.05) is 0 Å². The van der Waals surface area contributed by atoms with Crippen LogP contribution in [0.4, 0.5) is 0 Å². The molecular formula is C16H23Cl2OSiZr-. The van der Waals surface area contributed by atoms with Crippen molar-refractivity contribution in [2.45, 2.75) is 47.0 Å². The molecule has 0 fully saturated rings. The fraction of sp³-hybridized carbons (Fsp3) is 0.438. The van der Waals surface area contributed by atoms with Crippen LogP contribution in [-0.2, 0) is 31.9 Å². The molecule has 2 aromatic carbocycles. The van der Waals surface area contributed by atoms with Gasteiger partial charge in [0.2, 0.25) is 0 Å². The van der Waals surface area contributed by atoms with E-state index >= 15 is 0 Å². The maximum absolute atomic E-state index is 6.07. The van der Waals surface area contributed by atoms with Gasteiger partial charge < -0.3 is 4.43 Å². The zero-order chi connectivity index (χ0) is 16.2. The van der Waals surface area contributed by atoms with E-state index in [1.165, 1.54) is 33.0 Å². The summed E-state index contributed by atoms with van der Waals surface area (Å²) < 4.78 is 6.07. The molecule has 0 N–H and O–H groups in total. The molecule has 2 aromatic rings. The van der Waals surface area contributed by atoms with Gasteiger partial charge in [0.25, 0.3) is 0 Å². The molecule has 0 amide bonds. The van der Waals surface area contributed by atoms with Crippen LogP contribution in [0, 0.1) is 20.8 Å². The van der Waals surface area contributed by atoms with Crippen molar-refractivity contribution in [2.24, 2.45) is 0 Å². The van der Waals surface area contributed by atoms with Gasteiger partial charge in [-0.1, -0.05) is 32.4 Å². The van der Waals surface area contributed by atoms with Crippen LogP contribution in [0.15, 0.2) is 18.2 Å². The summed E-state index contributed by atoms with van der Waals surface area (Å²) >= 11 is -0.826. The molecular weight excluding hydrogens is 398 g/mol. The van der Waals surface area contributed by atoms with E-state index in [0.29, 0.717) is 0 Å². The molecule has 0 heterocycles. The number of aryl methyl sites for hydroxylation is 3. The fourth-order valence-corrected chi connectivity index (χ4v) is 2.92. The topological polar surface area (TPSA) is 9.23 Å². The Morgan fingerprint density at radius 3 is 2.24 bits per heavy atom. The first-order valence-electron chi connectivity index (χ1n) is 6.96. The zero-order valence-electron chi connectivity index (χ0n) is 13.6. The summed E-state index contributed by atoms with van der Waals surface area (Å²) in [5, 5.41) is 2.80. The second kappa shape index (κ2) is 8.36. The Hall–Kier alpha value is 0.470. The quantitative estimate of drug-likeness (QED) is 0.423. The van der Waals surface area contributed by atoms with Gasteiger partial charge in [-0.25, -0.2) is 0 Å². The van der Waals surface area contributed by atoms with Gasteiger partial charge in [0.15, 0.2) is 8.32 Å². The predicted octanol–water partition coefficient (Wildman–Crippen LogP) is 6.21. The molecule has 0 radical (unpaired) electrons. The molecule has 0 bridgehead atoms. The van der Waals surface area contributed by atoms with Crippen molar-refractivity contribution in [1.29, 1.82) is 0 Å². The first-order valence-corrected chi connectivity index (χ1v) is 16.7. The monoisotopic (exact) mass is 419 g/mol. The van der Waals surface area contributed by atoms with Crippen LogP contribution >= 0.6 is 17.0 Å². The van der Waals surface area contributed by atoms with Gasteiger partial charge in [0, 0.05) is 0 Å². The molecule has 1 nitrogen and oxygen atoms in total. The second-order valence-corrected chi connectivity index (χ2v) is 14.5. The van der Waals surface area contributed by atoms with Crippen LogP contribution in [0.3, 0.4) is 0 Å². The molecule has 5 heteroatoms. The van der Waals surface area contributed by atoms with Gasteiger partial charge in [-0.05, 0) is 19.6 Å². The van der Waals surface area contributed by atoms with Crippen LogP contribution < -0.4 is 0 Å². The molecule has 0 unspecified atom stereocenters. The minimum atomic E-state index is -1.45. The fourth-order valence-electron chi connectivity index (χ4n) is 2.33. The van der Waals surface area contributed by atoms with E-state index < -0.39 is 29.2 Å². The molecule has 0 aliphatic carbocycles. The van der Waals surface area contributed by atoms with Crippen molar-refractivity contribution in [2.75, 3.05) is 0 Å². The Labute approximate surface area is 148 Å². The Morgan fingerprint density at radius 1 is 1.14 bits per heavy atom. The van der Waals surface area contributed by atoms with Gasteiger partial charge in [-0.3, -0.25) is 0 Å². The van der Waals surface area contributed by atoms with Crippen molar-refractivity contribution >= 4 is 36.1 Å². The van der Waals surface area contributed by atoms with Crippen molar-refractivity contribution in [3.05, 3.63) is 40.5 Å². The van der Waals surface area contributed by atoms with E-state index in [-0.39, 0.29) is 0 Å². The van der Waals surface area contributed by atoms with Gasteiger partial charge in [0.05, 0.1) is 6.61 Å². The zero-order valence-corrected chi connectivity index (χ0v) is 18.6. The third-order valence-electron chi connectivity index (χ3n) is 3.54. The molecule has 0 aliphatic heterocycles.